The van der Waals surface area contributed by atoms with Gasteiger partial charge in [0.2, 0.25) is 0 Å². The molecule has 0 aromatic rings. The zero-order valence-corrected chi connectivity index (χ0v) is 7.02. The van der Waals surface area contributed by atoms with Crippen LogP contribution in [0, 0.1) is 0 Å². The second-order valence-corrected chi connectivity index (χ2v) is 5.89. The predicted octanol–water partition coefficient (Wildman–Crippen LogP) is -1.49. The van der Waals surface area contributed by atoms with E-state index in [0.29, 0.717) is 0 Å². The molecule has 1 rings (SSSR count). The van der Waals surface area contributed by atoms with Crippen molar-refractivity contribution in [3.05, 3.63) is 0 Å². The van der Waals surface area contributed by atoms with Crippen molar-refractivity contribution in [1.82, 2.24) is 0 Å². The van der Waals surface area contributed by atoms with Gasteiger partial charge in [-0.05, 0) is 0 Å². The minimum atomic E-state index is -2.15. The maximum absolute atomic E-state index is 11.0. The molecule has 1 saturated heterocycles. The summed E-state index contributed by atoms with van der Waals surface area (Å²) in [5.74, 6) is 0. The monoisotopic (exact) mass is 214 g/mol. The molecule has 0 spiro atoms. The van der Waals surface area contributed by atoms with Gasteiger partial charge in [0, 0.05) is 0 Å². The maximum atomic E-state index is 11.0. The van der Waals surface area contributed by atoms with Crippen molar-refractivity contribution in [3.8, 4) is 0 Å². The molecule has 0 amide bonds. The molecular formula is C5H10O4Se. The molecule has 0 aromatic heterocycles. The minimum absolute atomic E-state index is 0.173. The van der Waals surface area contributed by atoms with E-state index < -0.39 is 30.9 Å². The second-order valence-electron chi connectivity index (χ2n) is 2.33. The van der Waals surface area contributed by atoms with E-state index in [9.17, 15) is 3.83 Å². The molecule has 5 heteroatoms. The molecule has 3 N–H and O–H groups in total. The third kappa shape index (κ3) is 1.28. The molecule has 4 atom stereocenters. The van der Waals surface area contributed by atoms with E-state index in [4.69, 9.17) is 15.3 Å². The molecule has 1 unspecified atom stereocenters. The molecule has 0 radical (unpaired) electrons. The summed E-state index contributed by atoms with van der Waals surface area (Å²) >= 11 is -2.15. The van der Waals surface area contributed by atoms with Crippen LogP contribution >= 0.6 is 0 Å². The SMILES string of the molecule is O=[Se]1C[C@H](O)[C@H](O)[C@H]1CO. The zero-order valence-electron chi connectivity index (χ0n) is 5.30. The zero-order chi connectivity index (χ0) is 7.72. The van der Waals surface area contributed by atoms with Crippen LogP contribution in [0.3, 0.4) is 0 Å². The topological polar surface area (TPSA) is 77.8 Å². The van der Waals surface area contributed by atoms with Gasteiger partial charge in [-0.1, -0.05) is 0 Å². The van der Waals surface area contributed by atoms with Crippen molar-refractivity contribution >= 4 is 13.8 Å². The molecule has 0 aromatic carbocycles. The Morgan fingerprint density at radius 2 is 2.10 bits per heavy atom. The van der Waals surface area contributed by atoms with Crippen molar-refractivity contribution in [1.29, 1.82) is 0 Å². The summed E-state index contributed by atoms with van der Waals surface area (Å²) in [6, 6.07) is 0. The predicted molar refractivity (Wildman–Crippen MR) is 34.1 cm³/mol. The van der Waals surface area contributed by atoms with E-state index in [1.165, 1.54) is 0 Å². The first-order valence-corrected chi connectivity index (χ1v) is 5.91. The second kappa shape index (κ2) is 3.07. The Bertz CT molecular complexity index is 149. The third-order valence-corrected chi connectivity index (χ3v) is 5.35. The van der Waals surface area contributed by atoms with Crippen LogP contribution in [-0.2, 0) is 3.83 Å². The number of aliphatic hydroxyl groups excluding tert-OH is 3. The molecule has 1 aliphatic rings. The first-order valence-electron chi connectivity index (χ1n) is 3.01. The van der Waals surface area contributed by atoms with Crippen LogP contribution in [0.1, 0.15) is 0 Å². The molecule has 1 aliphatic heterocycles. The van der Waals surface area contributed by atoms with Gasteiger partial charge in [0.1, 0.15) is 0 Å². The molecule has 10 heavy (non-hydrogen) atoms. The Hall–Kier alpha value is 0.199. The summed E-state index contributed by atoms with van der Waals surface area (Å²) in [4.78, 5) is -0.560. The van der Waals surface area contributed by atoms with Gasteiger partial charge in [-0.15, -0.1) is 0 Å². The van der Waals surface area contributed by atoms with E-state index in [1.807, 2.05) is 0 Å². The third-order valence-electron chi connectivity index (χ3n) is 1.63. The van der Waals surface area contributed by atoms with Gasteiger partial charge in [-0.25, -0.2) is 0 Å². The van der Waals surface area contributed by atoms with E-state index in [2.05, 4.69) is 0 Å². The fourth-order valence-corrected chi connectivity index (χ4v) is 4.01. The molecule has 0 aliphatic carbocycles. The van der Waals surface area contributed by atoms with Gasteiger partial charge in [0.15, 0.2) is 0 Å². The molecule has 60 valence electrons. The summed E-state index contributed by atoms with van der Waals surface area (Å²) < 4.78 is 11.0. The van der Waals surface area contributed by atoms with E-state index in [-0.39, 0.29) is 11.9 Å². The summed E-state index contributed by atoms with van der Waals surface area (Å²) in [7, 11) is 0. The van der Waals surface area contributed by atoms with E-state index in [1.54, 1.807) is 0 Å². The number of aliphatic hydroxyl groups is 3. The molecule has 1 heterocycles. The summed E-state index contributed by atoms with van der Waals surface area (Å²) in [5, 5.41) is 26.7. The van der Waals surface area contributed by atoms with Crippen molar-refractivity contribution < 1.29 is 19.2 Å². The van der Waals surface area contributed by atoms with Crippen LogP contribution in [0.2, 0.25) is 10.1 Å². The van der Waals surface area contributed by atoms with Crippen LogP contribution < -0.4 is 0 Å². The Kier molecular flexibility index (Phi) is 2.55. The number of rotatable bonds is 1. The molecule has 1 fully saturated rings. The van der Waals surface area contributed by atoms with E-state index in [0.717, 1.165) is 0 Å². The van der Waals surface area contributed by atoms with Gasteiger partial charge < -0.3 is 0 Å². The van der Waals surface area contributed by atoms with Crippen molar-refractivity contribution in [2.75, 3.05) is 6.61 Å². The quantitative estimate of drug-likeness (QED) is 0.463. The van der Waals surface area contributed by atoms with Crippen molar-refractivity contribution in [3.63, 3.8) is 0 Å². The Morgan fingerprint density at radius 1 is 1.50 bits per heavy atom. The van der Waals surface area contributed by atoms with Crippen LogP contribution in [0.4, 0.5) is 0 Å². The van der Waals surface area contributed by atoms with Gasteiger partial charge in [-0.3, -0.25) is 0 Å². The summed E-state index contributed by atoms with van der Waals surface area (Å²) in [5.41, 5.74) is 0. The van der Waals surface area contributed by atoms with Crippen molar-refractivity contribution in [2.24, 2.45) is 0 Å². The molecule has 4 nitrogen and oxygen atoms in total. The molecule has 0 saturated carbocycles. The van der Waals surface area contributed by atoms with Crippen LogP contribution in [-0.4, -0.2) is 48.0 Å². The van der Waals surface area contributed by atoms with Crippen LogP contribution in [0.15, 0.2) is 0 Å². The van der Waals surface area contributed by atoms with Gasteiger partial charge in [-0.2, -0.15) is 0 Å². The fraction of sp³-hybridized carbons (Fsp3) is 1.00. The van der Waals surface area contributed by atoms with Gasteiger partial charge in [0.05, 0.1) is 0 Å². The first-order chi connectivity index (χ1) is 4.66. The van der Waals surface area contributed by atoms with Gasteiger partial charge >= 0.3 is 61.9 Å². The first kappa shape index (κ1) is 8.30. The molecular weight excluding hydrogens is 203 g/mol. The Balaban J connectivity index is 2.64. The summed E-state index contributed by atoms with van der Waals surface area (Å²) in [6.45, 7) is -0.285. The average molecular weight is 213 g/mol. The Morgan fingerprint density at radius 3 is 2.30 bits per heavy atom. The number of hydrogen-bond acceptors (Lipinski definition) is 4. The normalized spacial score (nSPS) is 47.9. The molecule has 0 bridgehead atoms. The number of hydrogen-bond donors (Lipinski definition) is 3. The van der Waals surface area contributed by atoms with Gasteiger partial charge in [0.25, 0.3) is 0 Å². The van der Waals surface area contributed by atoms with Crippen molar-refractivity contribution in [2.45, 2.75) is 22.3 Å². The fourth-order valence-electron chi connectivity index (χ4n) is 0.985. The average Bonchev–Trinajstić information content (AvgIpc) is 2.09. The van der Waals surface area contributed by atoms with Crippen LogP contribution in [0.5, 0.6) is 0 Å². The van der Waals surface area contributed by atoms with E-state index >= 15 is 0 Å². The standard InChI is InChI=1S/C5H10O4Se/c6-1-4-5(8)3(7)2-10(4)9/h3-8H,1-2H2/t3-,4+,5-,10?/m0/s1. The van der Waals surface area contributed by atoms with Crippen LogP contribution in [0.25, 0.3) is 0 Å². The summed E-state index contributed by atoms with van der Waals surface area (Å²) in [6.07, 6.45) is -1.87. The Labute approximate surface area is 62.6 Å².